The van der Waals surface area contributed by atoms with Gasteiger partial charge in [0, 0.05) is 12.5 Å². The number of amides is 1. The van der Waals surface area contributed by atoms with Gasteiger partial charge in [-0.05, 0) is 19.1 Å². The summed E-state index contributed by atoms with van der Waals surface area (Å²) in [7, 11) is 0. The molecule has 0 aliphatic carbocycles. The number of hydrogen-bond donors (Lipinski definition) is 2. The van der Waals surface area contributed by atoms with Crippen LogP contribution >= 0.6 is 0 Å². The molecule has 1 aromatic rings. The van der Waals surface area contributed by atoms with E-state index < -0.39 is 17.8 Å². The van der Waals surface area contributed by atoms with Crippen molar-refractivity contribution in [3.8, 4) is 0 Å². The summed E-state index contributed by atoms with van der Waals surface area (Å²) < 4.78 is 13.5. The predicted molar refractivity (Wildman–Crippen MR) is 55.6 cm³/mol. The van der Waals surface area contributed by atoms with Gasteiger partial charge in [-0.1, -0.05) is 6.07 Å². The minimum atomic E-state index is -1.18. The van der Waals surface area contributed by atoms with Crippen LogP contribution in [-0.2, 0) is 4.79 Å². The van der Waals surface area contributed by atoms with Gasteiger partial charge in [-0.2, -0.15) is 0 Å². The number of benzene rings is 1. The minimum Gasteiger partial charge on any atom is -0.478 e. The van der Waals surface area contributed by atoms with E-state index in [1.165, 1.54) is 19.1 Å². The average molecular weight is 225 g/mol. The van der Waals surface area contributed by atoms with E-state index in [0.717, 1.165) is 6.07 Å². The molecule has 0 aromatic heterocycles. The summed E-state index contributed by atoms with van der Waals surface area (Å²) in [6.45, 7) is 2.96. The molecule has 86 valence electrons. The van der Waals surface area contributed by atoms with E-state index in [0.29, 0.717) is 0 Å². The molecular weight excluding hydrogens is 213 g/mol. The van der Waals surface area contributed by atoms with Gasteiger partial charge < -0.3 is 10.4 Å². The molecular formula is C11H12FNO3. The smallest absolute Gasteiger partial charge is 0.335 e. The van der Waals surface area contributed by atoms with Gasteiger partial charge in [0.2, 0.25) is 5.91 Å². The van der Waals surface area contributed by atoms with Crippen molar-refractivity contribution in [2.24, 2.45) is 0 Å². The molecule has 0 bridgehead atoms. The highest BCUT2D eigenvalue weighted by molar-refractivity contribution is 5.87. The fourth-order valence-corrected chi connectivity index (χ4v) is 1.39. The third-order valence-corrected chi connectivity index (χ3v) is 2.13. The topological polar surface area (TPSA) is 66.4 Å². The largest absolute Gasteiger partial charge is 0.478 e. The van der Waals surface area contributed by atoms with Crippen LogP contribution < -0.4 is 5.32 Å². The highest BCUT2D eigenvalue weighted by Crippen LogP contribution is 2.18. The van der Waals surface area contributed by atoms with Crippen LogP contribution in [0.3, 0.4) is 0 Å². The van der Waals surface area contributed by atoms with Gasteiger partial charge in [0.05, 0.1) is 11.6 Å². The maximum atomic E-state index is 13.5. The Morgan fingerprint density at radius 1 is 1.44 bits per heavy atom. The van der Waals surface area contributed by atoms with Crippen molar-refractivity contribution in [3.63, 3.8) is 0 Å². The first kappa shape index (κ1) is 12.2. The Bertz CT molecular complexity index is 431. The Morgan fingerprint density at radius 3 is 2.50 bits per heavy atom. The molecule has 0 spiro atoms. The van der Waals surface area contributed by atoms with Gasteiger partial charge in [0.15, 0.2) is 0 Å². The summed E-state index contributed by atoms with van der Waals surface area (Å²) in [5, 5.41) is 11.2. The van der Waals surface area contributed by atoms with Crippen LogP contribution in [0.2, 0.25) is 0 Å². The summed E-state index contributed by atoms with van der Waals surface area (Å²) in [5.41, 5.74) is 0.150. The second-order valence-electron chi connectivity index (χ2n) is 3.46. The molecule has 1 unspecified atom stereocenters. The molecule has 0 saturated heterocycles. The second kappa shape index (κ2) is 4.74. The van der Waals surface area contributed by atoms with Crippen LogP contribution in [0.25, 0.3) is 0 Å². The number of rotatable bonds is 3. The number of aromatic carboxylic acids is 1. The Balaban J connectivity index is 2.98. The average Bonchev–Trinajstić information content (AvgIpc) is 2.15. The van der Waals surface area contributed by atoms with E-state index in [4.69, 9.17) is 5.11 Å². The second-order valence-corrected chi connectivity index (χ2v) is 3.46. The van der Waals surface area contributed by atoms with Crippen molar-refractivity contribution in [1.29, 1.82) is 0 Å². The van der Waals surface area contributed by atoms with E-state index >= 15 is 0 Å². The molecule has 1 aromatic carbocycles. The van der Waals surface area contributed by atoms with E-state index in [1.54, 1.807) is 6.92 Å². The molecule has 4 nitrogen and oxygen atoms in total. The van der Waals surface area contributed by atoms with Crippen molar-refractivity contribution >= 4 is 11.9 Å². The van der Waals surface area contributed by atoms with Crippen molar-refractivity contribution in [2.75, 3.05) is 0 Å². The zero-order valence-corrected chi connectivity index (χ0v) is 8.95. The lowest BCUT2D eigenvalue weighted by atomic mass is 10.1. The molecule has 5 heteroatoms. The molecule has 0 radical (unpaired) electrons. The van der Waals surface area contributed by atoms with Crippen molar-refractivity contribution in [1.82, 2.24) is 5.32 Å². The molecule has 1 rings (SSSR count). The van der Waals surface area contributed by atoms with E-state index in [9.17, 15) is 14.0 Å². The zero-order chi connectivity index (χ0) is 12.3. The molecule has 0 fully saturated rings. The molecule has 1 amide bonds. The fraction of sp³-hybridized carbons (Fsp3) is 0.273. The van der Waals surface area contributed by atoms with E-state index in [1.807, 2.05) is 0 Å². The molecule has 0 aliphatic heterocycles. The summed E-state index contributed by atoms with van der Waals surface area (Å²) in [4.78, 5) is 21.4. The molecule has 1 atom stereocenters. The highest BCUT2D eigenvalue weighted by Gasteiger charge is 2.14. The normalized spacial score (nSPS) is 11.9. The summed E-state index contributed by atoms with van der Waals surface area (Å²) in [5.74, 6) is -2.09. The standard InChI is InChI=1S/C11H12FNO3/c1-6(13-7(2)14)9-4-3-8(11(15)16)5-10(9)12/h3-6H,1-2H3,(H,13,14)(H,15,16). The van der Waals surface area contributed by atoms with Gasteiger partial charge in [-0.15, -0.1) is 0 Å². The van der Waals surface area contributed by atoms with Crippen molar-refractivity contribution in [2.45, 2.75) is 19.9 Å². The fourth-order valence-electron chi connectivity index (χ4n) is 1.39. The van der Waals surface area contributed by atoms with Gasteiger partial charge in [0.25, 0.3) is 0 Å². The molecule has 0 aliphatic rings. The monoisotopic (exact) mass is 225 g/mol. The number of carboxylic acid groups (broad SMARTS) is 1. The van der Waals surface area contributed by atoms with Crippen molar-refractivity contribution in [3.05, 3.63) is 35.1 Å². The quantitative estimate of drug-likeness (QED) is 0.823. The van der Waals surface area contributed by atoms with Crippen LogP contribution in [-0.4, -0.2) is 17.0 Å². The molecule has 2 N–H and O–H groups in total. The lowest BCUT2D eigenvalue weighted by Gasteiger charge is -2.13. The van der Waals surface area contributed by atoms with Gasteiger partial charge in [0.1, 0.15) is 5.82 Å². The van der Waals surface area contributed by atoms with Crippen LogP contribution in [0.1, 0.15) is 35.8 Å². The molecule has 0 heterocycles. The highest BCUT2D eigenvalue weighted by atomic mass is 19.1. The molecule has 16 heavy (non-hydrogen) atoms. The number of halogens is 1. The molecule has 0 saturated carbocycles. The van der Waals surface area contributed by atoms with E-state index in [2.05, 4.69) is 5.32 Å². The van der Waals surface area contributed by atoms with Gasteiger partial charge >= 0.3 is 5.97 Å². The Hall–Kier alpha value is -1.91. The summed E-state index contributed by atoms with van der Waals surface area (Å²) in [6, 6.07) is 3.12. The lowest BCUT2D eigenvalue weighted by Crippen LogP contribution is -2.24. The summed E-state index contributed by atoms with van der Waals surface area (Å²) in [6.07, 6.45) is 0. The maximum absolute atomic E-state index is 13.5. The third kappa shape index (κ3) is 2.79. The first-order valence-electron chi connectivity index (χ1n) is 4.71. The van der Waals surface area contributed by atoms with Crippen LogP contribution in [0.15, 0.2) is 18.2 Å². The van der Waals surface area contributed by atoms with Gasteiger partial charge in [-0.3, -0.25) is 4.79 Å². The SMILES string of the molecule is CC(=O)NC(C)c1ccc(C(=O)O)cc1F. The van der Waals surface area contributed by atoms with Crippen LogP contribution in [0.5, 0.6) is 0 Å². The van der Waals surface area contributed by atoms with Crippen LogP contribution in [0.4, 0.5) is 4.39 Å². The number of hydrogen-bond acceptors (Lipinski definition) is 2. The van der Waals surface area contributed by atoms with Gasteiger partial charge in [-0.25, -0.2) is 9.18 Å². The number of nitrogens with one attached hydrogen (secondary N) is 1. The van der Waals surface area contributed by atoms with E-state index in [-0.39, 0.29) is 17.0 Å². The lowest BCUT2D eigenvalue weighted by molar-refractivity contribution is -0.119. The Morgan fingerprint density at radius 2 is 2.06 bits per heavy atom. The number of carbonyl (C=O) groups is 2. The predicted octanol–water partition coefficient (Wildman–Crippen LogP) is 1.72. The Kier molecular flexibility index (Phi) is 3.60. The summed E-state index contributed by atoms with van der Waals surface area (Å²) >= 11 is 0. The third-order valence-electron chi connectivity index (χ3n) is 2.13. The number of carboxylic acids is 1. The Labute approximate surface area is 92.1 Å². The number of carbonyl (C=O) groups excluding carboxylic acids is 1. The van der Waals surface area contributed by atoms with Crippen molar-refractivity contribution < 1.29 is 19.1 Å². The zero-order valence-electron chi connectivity index (χ0n) is 8.95. The first-order valence-corrected chi connectivity index (χ1v) is 4.71. The maximum Gasteiger partial charge on any atom is 0.335 e. The first-order chi connectivity index (χ1) is 7.41. The minimum absolute atomic E-state index is 0.115. The van der Waals surface area contributed by atoms with Crippen LogP contribution in [0, 0.1) is 5.82 Å².